The smallest absolute Gasteiger partial charge is 0.466 e. The number of halogens is 3. The fraction of sp³-hybridized carbons (Fsp3) is 0.455. The number of carbonyl (C=O) groups excluding carboxylic acids is 1. The van der Waals surface area contributed by atoms with Crippen molar-refractivity contribution in [1.82, 2.24) is 4.98 Å². The van der Waals surface area contributed by atoms with E-state index in [1.165, 1.54) is 0 Å². The number of hydrogen-bond donors (Lipinski definition) is 2. The van der Waals surface area contributed by atoms with Crippen LogP contribution in [0.1, 0.15) is 18.2 Å². The van der Waals surface area contributed by atoms with Crippen LogP contribution in [0, 0.1) is 0 Å². The van der Waals surface area contributed by atoms with Gasteiger partial charge in [0, 0.05) is 18.2 Å². The molecule has 1 rings (SSSR count). The molecule has 20 heavy (non-hydrogen) atoms. The molecule has 1 heterocycles. The second kappa shape index (κ2) is 6.42. The maximum atomic E-state index is 12.4. The van der Waals surface area contributed by atoms with Crippen molar-refractivity contribution in [2.75, 3.05) is 6.61 Å². The zero-order chi connectivity index (χ0) is 15.3. The molecule has 3 N–H and O–H groups in total. The minimum absolute atomic E-state index is 0.0707. The minimum atomic E-state index is -4.97. The Kier molecular flexibility index (Phi) is 5.14. The van der Waals surface area contributed by atoms with Gasteiger partial charge in [-0.25, -0.2) is 0 Å². The van der Waals surface area contributed by atoms with Crippen LogP contribution >= 0.6 is 0 Å². The average Bonchev–Trinajstić information content (AvgIpc) is 2.31. The molecule has 0 spiro atoms. The Morgan fingerprint density at radius 1 is 1.45 bits per heavy atom. The lowest BCUT2D eigenvalue weighted by Gasteiger charge is -2.15. The Labute approximate surface area is 111 Å². The number of pyridine rings is 1. The number of ether oxygens (including phenoxy) is 2. The molecule has 112 valence electrons. The summed E-state index contributed by atoms with van der Waals surface area (Å²) in [5.41, 5.74) is 4.11. The van der Waals surface area contributed by atoms with Crippen molar-refractivity contribution in [3.05, 3.63) is 27.7 Å². The summed E-state index contributed by atoms with van der Waals surface area (Å²) in [4.78, 5) is 24.8. The number of carbonyl (C=O) groups is 1. The van der Waals surface area contributed by atoms with Crippen LogP contribution in [0.25, 0.3) is 0 Å². The molecule has 6 nitrogen and oxygen atoms in total. The molecular weight excluding hydrogens is 281 g/mol. The van der Waals surface area contributed by atoms with Crippen LogP contribution in [0.3, 0.4) is 0 Å². The van der Waals surface area contributed by atoms with E-state index in [1.54, 1.807) is 6.92 Å². The van der Waals surface area contributed by atoms with E-state index in [9.17, 15) is 22.8 Å². The van der Waals surface area contributed by atoms with E-state index in [-0.39, 0.29) is 24.4 Å². The summed E-state index contributed by atoms with van der Waals surface area (Å²) in [6.07, 6.45) is -5.48. The Bertz CT molecular complexity index is 539. The van der Waals surface area contributed by atoms with Gasteiger partial charge < -0.3 is 20.2 Å². The van der Waals surface area contributed by atoms with Crippen molar-refractivity contribution in [2.24, 2.45) is 5.73 Å². The van der Waals surface area contributed by atoms with Crippen LogP contribution in [-0.4, -0.2) is 23.9 Å². The molecule has 0 bridgehead atoms. The van der Waals surface area contributed by atoms with Crippen molar-refractivity contribution in [2.45, 2.75) is 26.3 Å². The molecule has 0 aliphatic rings. The van der Waals surface area contributed by atoms with Gasteiger partial charge in [-0.3, -0.25) is 9.59 Å². The predicted molar refractivity (Wildman–Crippen MR) is 62.0 cm³/mol. The van der Waals surface area contributed by atoms with Gasteiger partial charge in [-0.05, 0) is 6.92 Å². The van der Waals surface area contributed by atoms with Gasteiger partial charge in [0.2, 0.25) is 5.56 Å². The van der Waals surface area contributed by atoms with Gasteiger partial charge >= 0.3 is 12.3 Å². The number of esters is 1. The third-order valence-electron chi connectivity index (χ3n) is 2.21. The molecular formula is C11H13F3N2O4. The number of aromatic amines is 1. The summed E-state index contributed by atoms with van der Waals surface area (Å²) in [5.74, 6) is -1.44. The number of aromatic nitrogens is 1. The lowest BCUT2D eigenvalue weighted by atomic mass is 10.1. The van der Waals surface area contributed by atoms with E-state index in [4.69, 9.17) is 5.73 Å². The van der Waals surface area contributed by atoms with Gasteiger partial charge in [0.1, 0.15) is 0 Å². The van der Waals surface area contributed by atoms with E-state index in [1.807, 2.05) is 0 Å². The molecule has 0 unspecified atom stereocenters. The zero-order valence-electron chi connectivity index (χ0n) is 10.5. The van der Waals surface area contributed by atoms with Gasteiger partial charge in [-0.2, -0.15) is 0 Å². The van der Waals surface area contributed by atoms with Gasteiger partial charge in [-0.15, -0.1) is 13.2 Å². The second-order valence-electron chi connectivity index (χ2n) is 3.70. The van der Waals surface area contributed by atoms with Crippen LogP contribution < -0.4 is 16.0 Å². The highest BCUT2D eigenvalue weighted by molar-refractivity contribution is 5.73. The first-order chi connectivity index (χ1) is 9.26. The SMILES string of the molecule is CCOC(=O)Cc1cc(=O)[nH]c(CN)c1OC(F)(F)F. The molecule has 0 saturated carbocycles. The summed E-state index contributed by atoms with van der Waals surface area (Å²) in [6, 6.07) is 0.844. The number of rotatable bonds is 5. The first-order valence-corrected chi connectivity index (χ1v) is 5.63. The normalized spacial score (nSPS) is 11.2. The largest absolute Gasteiger partial charge is 0.573 e. The van der Waals surface area contributed by atoms with E-state index >= 15 is 0 Å². The number of nitrogens with one attached hydrogen (secondary N) is 1. The van der Waals surface area contributed by atoms with Gasteiger partial charge in [0.05, 0.1) is 18.7 Å². The predicted octanol–water partition coefficient (Wildman–Crippen LogP) is 0.838. The molecule has 0 amide bonds. The van der Waals surface area contributed by atoms with Crippen molar-refractivity contribution in [3.63, 3.8) is 0 Å². The van der Waals surface area contributed by atoms with Crippen molar-refractivity contribution in [1.29, 1.82) is 0 Å². The van der Waals surface area contributed by atoms with Crippen molar-refractivity contribution in [3.8, 4) is 5.75 Å². The molecule has 0 aromatic carbocycles. The molecule has 1 aromatic rings. The minimum Gasteiger partial charge on any atom is -0.466 e. The summed E-state index contributed by atoms with van der Waals surface area (Å²) in [7, 11) is 0. The molecule has 1 aromatic heterocycles. The van der Waals surface area contributed by atoms with Crippen molar-refractivity contribution < 1.29 is 27.4 Å². The third-order valence-corrected chi connectivity index (χ3v) is 2.21. The highest BCUT2D eigenvalue weighted by Gasteiger charge is 2.33. The van der Waals surface area contributed by atoms with E-state index in [0.29, 0.717) is 0 Å². The summed E-state index contributed by atoms with van der Waals surface area (Å²) >= 11 is 0. The fourth-order valence-corrected chi connectivity index (χ4v) is 1.54. The fourth-order valence-electron chi connectivity index (χ4n) is 1.54. The average molecular weight is 294 g/mol. The van der Waals surface area contributed by atoms with Crippen molar-refractivity contribution >= 4 is 5.97 Å². The molecule has 0 radical (unpaired) electrons. The molecule has 0 fully saturated rings. The maximum absolute atomic E-state index is 12.4. The summed E-state index contributed by atoms with van der Waals surface area (Å²) in [6.45, 7) is 1.24. The number of nitrogens with two attached hydrogens (primary N) is 1. The van der Waals surface area contributed by atoms with Crippen LogP contribution in [0.4, 0.5) is 13.2 Å². The third kappa shape index (κ3) is 4.57. The maximum Gasteiger partial charge on any atom is 0.573 e. The molecule has 0 aliphatic carbocycles. The number of H-pyrrole nitrogens is 1. The van der Waals surface area contributed by atoms with Crippen LogP contribution in [0.2, 0.25) is 0 Å². The highest BCUT2D eigenvalue weighted by atomic mass is 19.4. The molecule has 0 saturated heterocycles. The second-order valence-corrected chi connectivity index (χ2v) is 3.70. The van der Waals surface area contributed by atoms with E-state index < -0.39 is 30.1 Å². The Balaban J connectivity index is 3.22. The topological polar surface area (TPSA) is 94.4 Å². The lowest BCUT2D eigenvalue weighted by molar-refractivity contribution is -0.275. The van der Waals surface area contributed by atoms with Crippen LogP contribution in [0.15, 0.2) is 10.9 Å². The Morgan fingerprint density at radius 3 is 2.60 bits per heavy atom. The van der Waals surface area contributed by atoms with Crippen LogP contribution in [0.5, 0.6) is 5.75 Å². The molecule has 0 aliphatic heterocycles. The lowest BCUT2D eigenvalue weighted by Crippen LogP contribution is -2.24. The van der Waals surface area contributed by atoms with Gasteiger partial charge in [0.25, 0.3) is 0 Å². The summed E-state index contributed by atoms with van der Waals surface area (Å²) in [5, 5.41) is 0. The number of hydrogen-bond acceptors (Lipinski definition) is 5. The summed E-state index contributed by atoms with van der Waals surface area (Å²) < 4.78 is 45.5. The van der Waals surface area contributed by atoms with Gasteiger partial charge in [0.15, 0.2) is 5.75 Å². The molecule has 9 heteroatoms. The standard InChI is InChI=1S/C11H13F3N2O4/c1-2-19-9(18)4-6-3-8(17)16-7(5-15)10(6)20-11(12,13)14/h3H,2,4-5,15H2,1H3,(H,16,17). The first-order valence-electron chi connectivity index (χ1n) is 5.63. The zero-order valence-corrected chi connectivity index (χ0v) is 10.5. The van der Waals surface area contributed by atoms with Gasteiger partial charge in [-0.1, -0.05) is 0 Å². The van der Waals surface area contributed by atoms with Crippen LogP contribution in [-0.2, 0) is 22.5 Å². The highest BCUT2D eigenvalue weighted by Crippen LogP contribution is 2.28. The first kappa shape index (κ1) is 16.0. The molecule has 0 atom stereocenters. The number of alkyl halides is 3. The Hall–Kier alpha value is -2.03. The van der Waals surface area contributed by atoms with E-state index in [0.717, 1.165) is 6.07 Å². The monoisotopic (exact) mass is 294 g/mol. The van der Waals surface area contributed by atoms with E-state index in [2.05, 4.69) is 14.5 Å². The quantitative estimate of drug-likeness (QED) is 0.785. The Morgan fingerprint density at radius 2 is 2.10 bits per heavy atom.